The minimum atomic E-state index is -2.93. The van der Waals surface area contributed by atoms with Crippen LogP contribution in [0.4, 0.5) is 0 Å². The molecule has 1 rings (SSSR count). The van der Waals surface area contributed by atoms with Crippen molar-refractivity contribution < 1.29 is 13.5 Å². The molecule has 6 heteroatoms. The molecule has 0 bridgehead atoms. The fourth-order valence-electron chi connectivity index (χ4n) is 1.68. The van der Waals surface area contributed by atoms with E-state index >= 15 is 0 Å². The highest BCUT2D eigenvalue weighted by molar-refractivity contribution is 9.10. The lowest BCUT2D eigenvalue weighted by Crippen LogP contribution is -2.27. The van der Waals surface area contributed by atoms with Crippen LogP contribution in [0.15, 0.2) is 28.7 Å². The first-order valence-electron chi connectivity index (χ1n) is 6.08. The highest BCUT2D eigenvalue weighted by atomic mass is 79.9. The van der Waals surface area contributed by atoms with E-state index in [0.717, 1.165) is 10.0 Å². The van der Waals surface area contributed by atoms with E-state index in [1.807, 2.05) is 36.2 Å². The Bertz CT molecular complexity index is 504. The molecule has 0 heterocycles. The molecule has 0 spiro atoms. The summed E-state index contributed by atoms with van der Waals surface area (Å²) < 4.78 is 23.0. The van der Waals surface area contributed by atoms with E-state index in [0.29, 0.717) is 19.5 Å². The number of rotatable bonds is 7. The maximum absolute atomic E-state index is 11.1. The molecule has 19 heavy (non-hydrogen) atoms. The van der Waals surface area contributed by atoms with Gasteiger partial charge in [0.2, 0.25) is 0 Å². The van der Waals surface area contributed by atoms with E-state index < -0.39 is 15.9 Å². The molecule has 1 aromatic carbocycles. The van der Waals surface area contributed by atoms with E-state index in [2.05, 4.69) is 15.9 Å². The molecule has 1 aromatic rings. The average molecular weight is 350 g/mol. The molecule has 0 fully saturated rings. The van der Waals surface area contributed by atoms with E-state index in [1.54, 1.807) is 0 Å². The zero-order chi connectivity index (χ0) is 14.5. The van der Waals surface area contributed by atoms with Crippen molar-refractivity contribution in [2.24, 2.45) is 0 Å². The lowest BCUT2D eigenvalue weighted by atomic mass is 10.1. The third-order valence-electron chi connectivity index (χ3n) is 2.89. The van der Waals surface area contributed by atoms with E-state index in [9.17, 15) is 13.5 Å². The Morgan fingerprint density at radius 3 is 2.53 bits per heavy atom. The predicted molar refractivity (Wildman–Crippen MR) is 80.9 cm³/mol. The van der Waals surface area contributed by atoms with Gasteiger partial charge in [0, 0.05) is 23.8 Å². The smallest absolute Gasteiger partial charge is 0.148 e. The van der Waals surface area contributed by atoms with Crippen LogP contribution in [0.25, 0.3) is 0 Å². The molecule has 0 radical (unpaired) electrons. The summed E-state index contributed by atoms with van der Waals surface area (Å²) in [5.41, 5.74) is 0.860. The van der Waals surface area contributed by atoms with Gasteiger partial charge in [0.1, 0.15) is 9.84 Å². The molecule has 108 valence electrons. The van der Waals surface area contributed by atoms with Gasteiger partial charge in [0.25, 0.3) is 0 Å². The minimum absolute atomic E-state index is 0.147. The number of nitrogens with zero attached hydrogens (tertiary/aromatic N) is 1. The lowest BCUT2D eigenvalue weighted by Gasteiger charge is -2.19. The number of aliphatic hydroxyl groups excluding tert-OH is 1. The van der Waals surface area contributed by atoms with Gasteiger partial charge in [-0.15, -0.1) is 0 Å². The van der Waals surface area contributed by atoms with Crippen molar-refractivity contribution in [1.82, 2.24) is 4.90 Å². The topological polar surface area (TPSA) is 57.6 Å². The Hall–Kier alpha value is -0.430. The number of aliphatic hydroxyl groups is 1. The molecule has 1 unspecified atom stereocenters. The molecule has 0 amide bonds. The second-order valence-electron chi connectivity index (χ2n) is 4.76. The molecule has 4 nitrogen and oxygen atoms in total. The van der Waals surface area contributed by atoms with Gasteiger partial charge >= 0.3 is 0 Å². The Labute approximate surface area is 123 Å². The number of hydrogen-bond donors (Lipinski definition) is 1. The summed E-state index contributed by atoms with van der Waals surface area (Å²) in [5.74, 6) is 0.147. The Morgan fingerprint density at radius 1 is 1.32 bits per heavy atom. The first-order valence-corrected chi connectivity index (χ1v) is 8.93. The molecule has 0 aromatic heterocycles. The van der Waals surface area contributed by atoms with Gasteiger partial charge in [-0.3, -0.25) is 0 Å². The Morgan fingerprint density at radius 2 is 1.95 bits per heavy atom. The van der Waals surface area contributed by atoms with Crippen molar-refractivity contribution in [3.63, 3.8) is 0 Å². The molecule has 0 aliphatic carbocycles. The molecule has 0 aliphatic heterocycles. The minimum Gasteiger partial charge on any atom is -0.388 e. The van der Waals surface area contributed by atoms with Crippen LogP contribution in [0.1, 0.15) is 18.1 Å². The van der Waals surface area contributed by atoms with Gasteiger partial charge in [0.05, 0.1) is 11.9 Å². The first kappa shape index (κ1) is 16.6. The van der Waals surface area contributed by atoms with Crippen molar-refractivity contribution in [2.45, 2.75) is 12.5 Å². The summed E-state index contributed by atoms with van der Waals surface area (Å²) >= 11 is 3.41. The third kappa shape index (κ3) is 6.51. The summed E-state index contributed by atoms with van der Waals surface area (Å²) in [6.45, 7) is 1.14. The van der Waals surface area contributed by atoms with E-state index in [4.69, 9.17) is 0 Å². The van der Waals surface area contributed by atoms with Gasteiger partial charge in [-0.1, -0.05) is 34.1 Å². The van der Waals surface area contributed by atoms with Gasteiger partial charge in [-0.25, -0.2) is 8.42 Å². The van der Waals surface area contributed by atoms with Crippen molar-refractivity contribution in [2.75, 3.05) is 32.1 Å². The molecule has 1 N–H and O–H groups in total. The fraction of sp³-hybridized carbons (Fsp3) is 0.538. The summed E-state index contributed by atoms with van der Waals surface area (Å²) in [7, 11) is -1.07. The SMILES string of the molecule is CN(CCC(O)c1ccccc1Br)CCS(C)(=O)=O. The van der Waals surface area contributed by atoms with Crippen molar-refractivity contribution in [3.05, 3.63) is 34.3 Å². The number of benzene rings is 1. The standard InChI is InChI=1S/C13H20BrNO3S/c1-15(9-10-19(2,17)18)8-7-13(16)11-5-3-4-6-12(11)14/h3-6,13,16H,7-10H2,1-2H3. The summed E-state index contributed by atoms with van der Waals surface area (Å²) in [6, 6.07) is 7.56. The molecular formula is C13H20BrNO3S. The fourth-order valence-corrected chi connectivity index (χ4v) is 2.87. The van der Waals surface area contributed by atoms with Gasteiger partial charge in [0.15, 0.2) is 0 Å². The van der Waals surface area contributed by atoms with Crippen LogP contribution in [-0.2, 0) is 9.84 Å². The Balaban J connectivity index is 2.42. The first-order chi connectivity index (χ1) is 8.79. The van der Waals surface area contributed by atoms with Crippen molar-refractivity contribution in [1.29, 1.82) is 0 Å². The quantitative estimate of drug-likeness (QED) is 0.816. The number of sulfone groups is 1. The van der Waals surface area contributed by atoms with Crippen LogP contribution in [0.2, 0.25) is 0 Å². The number of halogens is 1. The molecular weight excluding hydrogens is 330 g/mol. The summed E-state index contributed by atoms with van der Waals surface area (Å²) in [5, 5.41) is 10.1. The largest absolute Gasteiger partial charge is 0.388 e. The van der Waals surface area contributed by atoms with Crippen LogP contribution in [-0.4, -0.2) is 50.6 Å². The van der Waals surface area contributed by atoms with Crippen LogP contribution >= 0.6 is 15.9 Å². The van der Waals surface area contributed by atoms with Crippen molar-refractivity contribution in [3.8, 4) is 0 Å². The van der Waals surface area contributed by atoms with E-state index in [-0.39, 0.29) is 5.75 Å². The normalized spacial score (nSPS) is 13.7. The van der Waals surface area contributed by atoms with Gasteiger partial charge in [-0.2, -0.15) is 0 Å². The molecule has 0 saturated carbocycles. The van der Waals surface area contributed by atoms with Crippen LogP contribution < -0.4 is 0 Å². The van der Waals surface area contributed by atoms with Crippen LogP contribution in [0, 0.1) is 0 Å². The maximum atomic E-state index is 11.1. The lowest BCUT2D eigenvalue weighted by molar-refractivity contribution is 0.150. The van der Waals surface area contributed by atoms with Crippen molar-refractivity contribution >= 4 is 25.8 Å². The highest BCUT2D eigenvalue weighted by Crippen LogP contribution is 2.25. The van der Waals surface area contributed by atoms with Crippen LogP contribution in [0.5, 0.6) is 0 Å². The molecule has 0 saturated heterocycles. The maximum Gasteiger partial charge on any atom is 0.148 e. The third-order valence-corrected chi connectivity index (χ3v) is 4.54. The average Bonchev–Trinajstić information content (AvgIpc) is 2.33. The Kier molecular flexibility index (Phi) is 6.46. The summed E-state index contributed by atoms with van der Waals surface area (Å²) in [4.78, 5) is 1.92. The zero-order valence-electron chi connectivity index (χ0n) is 11.2. The second-order valence-corrected chi connectivity index (χ2v) is 7.87. The van der Waals surface area contributed by atoms with Gasteiger partial charge in [-0.05, 0) is 25.1 Å². The molecule has 0 aliphatic rings. The van der Waals surface area contributed by atoms with Crippen LogP contribution in [0.3, 0.4) is 0 Å². The number of hydrogen-bond acceptors (Lipinski definition) is 4. The van der Waals surface area contributed by atoms with E-state index in [1.165, 1.54) is 6.26 Å². The predicted octanol–water partition coefficient (Wildman–Crippen LogP) is 1.85. The second kappa shape index (κ2) is 7.38. The summed E-state index contributed by atoms with van der Waals surface area (Å²) in [6.07, 6.45) is 1.26. The monoisotopic (exact) mass is 349 g/mol. The zero-order valence-corrected chi connectivity index (χ0v) is 13.6. The molecule has 1 atom stereocenters. The highest BCUT2D eigenvalue weighted by Gasteiger charge is 2.12. The van der Waals surface area contributed by atoms with Gasteiger partial charge < -0.3 is 10.0 Å².